The quantitative estimate of drug-likeness (QED) is 0.438. The maximum atomic E-state index is 5.95. The van der Waals surface area contributed by atoms with Crippen LogP contribution in [0.5, 0.6) is 0 Å². The zero-order valence-corrected chi connectivity index (χ0v) is 16.0. The number of hydrogen-bond acceptors (Lipinski definition) is 2. The van der Waals surface area contributed by atoms with Gasteiger partial charge in [-0.25, -0.2) is 0 Å². The van der Waals surface area contributed by atoms with Crippen molar-refractivity contribution in [1.82, 2.24) is 0 Å². The lowest BCUT2D eigenvalue weighted by Crippen LogP contribution is -2.31. The van der Waals surface area contributed by atoms with Crippen LogP contribution in [-0.2, 0) is 11.8 Å². The van der Waals surface area contributed by atoms with Gasteiger partial charge in [0.1, 0.15) is 0 Å². The van der Waals surface area contributed by atoms with Crippen LogP contribution in [0.15, 0.2) is 102 Å². The van der Waals surface area contributed by atoms with E-state index in [1.54, 1.807) is 11.3 Å². The zero-order valence-electron chi connectivity index (χ0n) is 15.2. The Morgan fingerprint density at radius 1 is 0.630 bits per heavy atom. The predicted octanol–water partition coefficient (Wildman–Crippen LogP) is 5.63. The van der Waals surface area contributed by atoms with E-state index in [9.17, 15) is 0 Å². The van der Waals surface area contributed by atoms with Gasteiger partial charge < -0.3 is 5.73 Å². The fraction of sp³-hybridized carbons (Fsp3) is 0.120. The molecule has 0 amide bonds. The van der Waals surface area contributed by atoms with Gasteiger partial charge in [0.25, 0.3) is 0 Å². The van der Waals surface area contributed by atoms with E-state index in [2.05, 4.69) is 102 Å². The highest BCUT2D eigenvalue weighted by Crippen LogP contribution is 2.47. The zero-order chi connectivity index (χ0) is 18.5. The molecule has 4 aromatic rings. The molecular formula is C25H23NS. The molecule has 0 spiro atoms. The van der Waals surface area contributed by atoms with E-state index < -0.39 is 0 Å². The molecule has 3 aromatic carbocycles. The highest BCUT2D eigenvalue weighted by Gasteiger charge is 2.39. The number of nitrogens with two attached hydrogens (primary N) is 1. The summed E-state index contributed by atoms with van der Waals surface area (Å²) in [7, 11) is 0. The molecule has 27 heavy (non-hydrogen) atoms. The Balaban J connectivity index is 2.12. The minimum absolute atomic E-state index is 0.353. The number of benzene rings is 3. The largest absolute Gasteiger partial charge is 0.330 e. The minimum Gasteiger partial charge on any atom is -0.330 e. The third-order valence-corrected chi connectivity index (χ3v) is 6.12. The fourth-order valence-corrected chi connectivity index (χ4v) is 4.98. The Kier molecular flexibility index (Phi) is 5.19. The van der Waals surface area contributed by atoms with Crippen molar-refractivity contribution in [3.63, 3.8) is 0 Å². The summed E-state index contributed by atoms with van der Waals surface area (Å²) in [6, 6.07) is 34.7. The second-order valence-electron chi connectivity index (χ2n) is 6.64. The minimum atomic E-state index is -0.353. The Hall–Kier alpha value is -2.68. The molecule has 2 heteroatoms. The first kappa shape index (κ1) is 17.7. The summed E-state index contributed by atoms with van der Waals surface area (Å²) in [5.41, 5.74) is 10.8. The monoisotopic (exact) mass is 369 g/mol. The highest BCUT2D eigenvalue weighted by atomic mass is 32.1. The van der Waals surface area contributed by atoms with Crippen LogP contribution in [0.1, 0.15) is 27.1 Å². The Labute approximate surface area is 165 Å². The van der Waals surface area contributed by atoms with E-state index in [1.807, 2.05) is 0 Å². The molecule has 134 valence electrons. The number of rotatable bonds is 6. The summed E-state index contributed by atoms with van der Waals surface area (Å²) >= 11 is 1.80. The van der Waals surface area contributed by atoms with Crippen molar-refractivity contribution < 1.29 is 0 Å². The molecule has 1 nitrogen and oxygen atoms in total. The SMILES string of the molecule is NCCc1sccc1C(c1ccccc1)(c1ccccc1)c1ccccc1. The van der Waals surface area contributed by atoms with Gasteiger partial charge in [-0.05, 0) is 46.7 Å². The summed E-state index contributed by atoms with van der Waals surface area (Å²) in [5.74, 6) is 0. The predicted molar refractivity (Wildman–Crippen MR) is 115 cm³/mol. The van der Waals surface area contributed by atoms with Gasteiger partial charge in [0.15, 0.2) is 0 Å². The fourth-order valence-electron chi connectivity index (χ4n) is 4.03. The molecule has 0 fully saturated rings. The van der Waals surface area contributed by atoms with Gasteiger partial charge in [0.05, 0.1) is 5.41 Å². The molecule has 0 aliphatic carbocycles. The maximum Gasteiger partial charge on any atom is 0.0712 e. The van der Waals surface area contributed by atoms with E-state index in [4.69, 9.17) is 5.73 Å². The van der Waals surface area contributed by atoms with Crippen LogP contribution in [0.2, 0.25) is 0 Å². The molecule has 0 aliphatic heterocycles. The van der Waals surface area contributed by atoms with Crippen molar-refractivity contribution in [3.05, 3.63) is 130 Å². The van der Waals surface area contributed by atoms with Crippen LogP contribution < -0.4 is 5.73 Å². The summed E-state index contributed by atoms with van der Waals surface area (Å²) in [6.45, 7) is 0.655. The molecule has 1 heterocycles. The molecule has 1 aromatic heterocycles. The van der Waals surface area contributed by atoms with Crippen LogP contribution >= 0.6 is 11.3 Å². The molecule has 4 rings (SSSR count). The van der Waals surface area contributed by atoms with E-state index in [0.717, 1.165) is 6.42 Å². The molecule has 0 aliphatic rings. The Morgan fingerprint density at radius 2 is 1.07 bits per heavy atom. The number of hydrogen-bond donors (Lipinski definition) is 1. The molecule has 0 saturated carbocycles. The summed E-state index contributed by atoms with van der Waals surface area (Å²) in [5, 5.41) is 2.20. The molecular weight excluding hydrogens is 346 g/mol. The third-order valence-electron chi connectivity index (χ3n) is 5.14. The first-order valence-corrected chi connectivity index (χ1v) is 10.2. The molecule has 0 saturated heterocycles. The normalized spacial score (nSPS) is 11.4. The van der Waals surface area contributed by atoms with E-state index in [0.29, 0.717) is 6.54 Å². The van der Waals surface area contributed by atoms with E-state index in [1.165, 1.54) is 27.1 Å². The van der Waals surface area contributed by atoms with Gasteiger partial charge in [0.2, 0.25) is 0 Å². The van der Waals surface area contributed by atoms with E-state index in [-0.39, 0.29) is 5.41 Å². The standard InChI is InChI=1S/C25H23NS/c26-18-16-24-23(17-19-27-24)25(20-10-4-1-5-11-20,21-12-6-2-7-13-21)22-14-8-3-9-15-22/h1-15,17,19H,16,18,26H2. The van der Waals surface area contributed by atoms with Crippen LogP contribution in [0.3, 0.4) is 0 Å². The second kappa shape index (κ2) is 7.91. The van der Waals surface area contributed by atoms with Crippen LogP contribution in [0.4, 0.5) is 0 Å². The van der Waals surface area contributed by atoms with Gasteiger partial charge in [-0.3, -0.25) is 0 Å². The second-order valence-corrected chi connectivity index (χ2v) is 7.64. The smallest absolute Gasteiger partial charge is 0.0712 e. The third kappa shape index (κ3) is 3.12. The van der Waals surface area contributed by atoms with Gasteiger partial charge >= 0.3 is 0 Å². The van der Waals surface area contributed by atoms with Crippen LogP contribution in [0, 0.1) is 0 Å². The van der Waals surface area contributed by atoms with Gasteiger partial charge in [0, 0.05) is 4.88 Å². The lowest BCUT2D eigenvalue weighted by Gasteiger charge is -2.37. The molecule has 0 radical (unpaired) electrons. The van der Waals surface area contributed by atoms with Crippen molar-refractivity contribution in [2.24, 2.45) is 5.73 Å². The highest BCUT2D eigenvalue weighted by molar-refractivity contribution is 7.10. The molecule has 2 N–H and O–H groups in total. The Bertz CT molecular complexity index is 878. The first-order chi connectivity index (χ1) is 13.4. The van der Waals surface area contributed by atoms with Crippen molar-refractivity contribution in [3.8, 4) is 0 Å². The van der Waals surface area contributed by atoms with Crippen molar-refractivity contribution in [1.29, 1.82) is 0 Å². The topological polar surface area (TPSA) is 26.0 Å². The van der Waals surface area contributed by atoms with Crippen molar-refractivity contribution in [2.45, 2.75) is 11.8 Å². The average molecular weight is 370 g/mol. The molecule has 0 unspecified atom stereocenters. The van der Waals surface area contributed by atoms with Crippen molar-refractivity contribution >= 4 is 11.3 Å². The number of thiophene rings is 1. The summed E-state index contributed by atoms with van der Waals surface area (Å²) in [6.07, 6.45) is 0.890. The van der Waals surface area contributed by atoms with Crippen LogP contribution in [0.25, 0.3) is 0 Å². The van der Waals surface area contributed by atoms with Gasteiger partial charge in [-0.2, -0.15) is 0 Å². The maximum absolute atomic E-state index is 5.95. The van der Waals surface area contributed by atoms with Gasteiger partial charge in [-0.15, -0.1) is 11.3 Å². The lowest BCUT2D eigenvalue weighted by atomic mass is 9.65. The van der Waals surface area contributed by atoms with Crippen molar-refractivity contribution in [2.75, 3.05) is 6.54 Å². The van der Waals surface area contributed by atoms with E-state index >= 15 is 0 Å². The first-order valence-electron chi connectivity index (χ1n) is 9.31. The average Bonchev–Trinajstić information content (AvgIpc) is 3.20. The Morgan fingerprint density at radius 3 is 1.48 bits per heavy atom. The van der Waals surface area contributed by atoms with Gasteiger partial charge in [-0.1, -0.05) is 91.0 Å². The summed E-state index contributed by atoms with van der Waals surface area (Å²) in [4.78, 5) is 1.36. The molecule has 0 atom stereocenters. The van der Waals surface area contributed by atoms with Crippen LogP contribution in [-0.4, -0.2) is 6.54 Å². The molecule has 0 bridgehead atoms. The summed E-state index contributed by atoms with van der Waals surface area (Å²) < 4.78 is 0. The lowest BCUT2D eigenvalue weighted by molar-refractivity contribution is 0.736.